The van der Waals surface area contributed by atoms with Gasteiger partial charge in [-0.2, -0.15) is 4.99 Å². The molecule has 0 bridgehead atoms. The number of furan rings is 1. The standard InChI is InChI=1S/C12H8N2O2S/c13-12-14-11(15)10(17-12)6-8-5-7-3-1-2-4-9(7)16-8/h1-6H,(H2,13,14,15)/b10-6+. The van der Waals surface area contributed by atoms with Gasteiger partial charge in [-0.3, -0.25) is 4.79 Å². The number of nitrogens with zero attached hydrogens (tertiary/aromatic N) is 1. The fraction of sp³-hybridized carbons (Fsp3) is 0. The summed E-state index contributed by atoms with van der Waals surface area (Å²) in [6.07, 6.45) is 1.66. The van der Waals surface area contributed by atoms with Crippen molar-refractivity contribution in [2.75, 3.05) is 0 Å². The fourth-order valence-electron chi connectivity index (χ4n) is 1.63. The van der Waals surface area contributed by atoms with Crippen LogP contribution in [0.15, 0.2) is 44.6 Å². The molecular formula is C12H8N2O2S. The van der Waals surface area contributed by atoms with E-state index in [1.54, 1.807) is 6.08 Å². The Morgan fingerprint density at radius 3 is 2.88 bits per heavy atom. The van der Waals surface area contributed by atoms with Crippen LogP contribution in [-0.4, -0.2) is 11.1 Å². The van der Waals surface area contributed by atoms with Gasteiger partial charge in [-0.25, -0.2) is 0 Å². The highest BCUT2D eigenvalue weighted by Crippen LogP contribution is 2.28. The summed E-state index contributed by atoms with van der Waals surface area (Å²) >= 11 is 1.16. The van der Waals surface area contributed by atoms with Crippen LogP contribution >= 0.6 is 11.8 Å². The van der Waals surface area contributed by atoms with Crippen LogP contribution in [-0.2, 0) is 4.79 Å². The highest BCUT2D eigenvalue weighted by Gasteiger charge is 2.20. The van der Waals surface area contributed by atoms with Crippen molar-refractivity contribution in [2.45, 2.75) is 0 Å². The highest BCUT2D eigenvalue weighted by atomic mass is 32.2. The van der Waals surface area contributed by atoms with Gasteiger partial charge in [-0.15, -0.1) is 0 Å². The molecule has 2 heterocycles. The average molecular weight is 244 g/mol. The molecule has 0 atom stereocenters. The van der Waals surface area contributed by atoms with E-state index in [4.69, 9.17) is 10.2 Å². The van der Waals surface area contributed by atoms with Crippen LogP contribution in [0, 0.1) is 0 Å². The molecule has 0 saturated heterocycles. The third-order valence-corrected chi connectivity index (χ3v) is 3.17. The van der Waals surface area contributed by atoms with Crippen molar-refractivity contribution < 1.29 is 9.21 Å². The molecule has 2 aromatic rings. The van der Waals surface area contributed by atoms with E-state index in [1.165, 1.54) is 0 Å². The van der Waals surface area contributed by atoms with Gasteiger partial charge >= 0.3 is 0 Å². The summed E-state index contributed by atoms with van der Waals surface area (Å²) in [5.74, 6) is 0.319. The number of para-hydroxylation sites is 1. The van der Waals surface area contributed by atoms with Gasteiger partial charge < -0.3 is 10.2 Å². The number of rotatable bonds is 1. The zero-order valence-electron chi connectivity index (χ0n) is 8.71. The van der Waals surface area contributed by atoms with Crippen molar-refractivity contribution in [3.63, 3.8) is 0 Å². The topological polar surface area (TPSA) is 68.6 Å². The van der Waals surface area contributed by atoms with Crippen LogP contribution in [0.3, 0.4) is 0 Å². The quantitative estimate of drug-likeness (QED) is 0.782. The summed E-state index contributed by atoms with van der Waals surface area (Å²) in [7, 11) is 0. The summed E-state index contributed by atoms with van der Waals surface area (Å²) in [5.41, 5.74) is 6.26. The van der Waals surface area contributed by atoms with Gasteiger partial charge in [0.15, 0.2) is 5.17 Å². The Bertz CT molecular complexity index is 637. The van der Waals surface area contributed by atoms with Gasteiger partial charge in [-0.05, 0) is 23.9 Å². The number of hydrogen-bond donors (Lipinski definition) is 1. The fourth-order valence-corrected chi connectivity index (χ4v) is 2.29. The summed E-state index contributed by atoms with van der Waals surface area (Å²) in [6.45, 7) is 0. The molecule has 4 nitrogen and oxygen atoms in total. The lowest BCUT2D eigenvalue weighted by Gasteiger charge is -1.89. The molecule has 1 aromatic heterocycles. The predicted molar refractivity (Wildman–Crippen MR) is 68.4 cm³/mol. The first kappa shape index (κ1) is 10.2. The molecule has 0 saturated carbocycles. The maximum absolute atomic E-state index is 11.4. The summed E-state index contributed by atoms with van der Waals surface area (Å²) in [5, 5.41) is 1.28. The zero-order chi connectivity index (χ0) is 11.8. The van der Waals surface area contributed by atoms with E-state index in [9.17, 15) is 4.79 Å². The molecular weight excluding hydrogens is 236 g/mol. The van der Waals surface area contributed by atoms with E-state index in [1.807, 2.05) is 30.3 Å². The van der Waals surface area contributed by atoms with E-state index < -0.39 is 0 Å². The van der Waals surface area contributed by atoms with Crippen molar-refractivity contribution >= 4 is 39.9 Å². The molecule has 0 fully saturated rings. The number of fused-ring (bicyclic) bond motifs is 1. The van der Waals surface area contributed by atoms with Crippen molar-refractivity contribution in [1.82, 2.24) is 0 Å². The van der Waals surface area contributed by atoms with Gasteiger partial charge in [0.25, 0.3) is 5.91 Å². The second-order valence-corrected chi connectivity index (χ2v) is 4.61. The molecule has 1 aliphatic heterocycles. The number of nitrogens with two attached hydrogens (primary N) is 1. The molecule has 5 heteroatoms. The number of hydrogen-bond acceptors (Lipinski definition) is 4. The average Bonchev–Trinajstić information content (AvgIpc) is 2.82. The largest absolute Gasteiger partial charge is 0.457 e. The summed E-state index contributed by atoms with van der Waals surface area (Å²) < 4.78 is 5.58. The van der Waals surface area contributed by atoms with Gasteiger partial charge in [0.2, 0.25) is 0 Å². The van der Waals surface area contributed by atoms with Crippen LogP contribution in [0.2, 0.25) is 0 Å². The van der Waals surface area contributed by atoms with E-state index in [2.05, 4.69) is 4.99 Å². The van der Waals surface area contributed by atoms with Crippen molar-refractivity contribution in [1.29, 1.82) is 0 Å². The van der Waals surface area contributed by atoms with E-state index in [-0.39, 0.29) is 11.1 Å². The van der Waals surface area contributed by atoms with E-state index in [0.29, 0.717) is 10.7 Å². The first-order chi connectivity index (χ1) is 8.22. The molecule has 1 amide bonds. The minimum atomic E-state index is -0.312. The third-order valence-electron chi connectivity index (χ3n) is 2.35. The highest BCUT2D eigenvalue weighted by molar-refractivity contribution is 8.18. The molecule has 84 valence electrons. The Kier molecular flexibility index (Phi) is 2.26. The van der Waals surface area contributed by atoms with Crippen LogP contribution in [0.25, 0.3) is 17.0 Å². The minimum absolute atomic E-state index is 0.275. The number of benzene rings is 1. The maximum atomic E-state index is 11.4. The lowest BCUT2D eigenvalue weighted by molar-refractivity contribution is -0.113. The summed E-state index contributed by atoms with van der Waals surface area (Å²) in [4.78, 5) is 15.5. The monoisotopic (exact) mass is 244 g/mol. The Balaban J connectivity index is 2.01. The Morgan fingerprint density at radius 1 is 1.35 bits per heavy atom. The molecule has 0 spiro atoms. The third kappa shape index (κ3) is 1.85. The molecule has 1 aliphatic rings. The second-order valence-electron chi connectivity index (χ2n) is 3.55. The van der Waals surface area contributed by atoms with Crippen LogP contribution in [0.4, 0.5) is 0 Å². The predicted octanol–water partition coefficient (Wildman–Crippen LogP) is 2.36. The molecule has 3 rings (SSSR count). The van der Waals surface area contributed by atoms with Crippen molar-refractivity contribution in [3.05, 3.63) is 41.0 Å². The van der Waals surface area contributed by atoms with Crippen LogP contribution in [0.5, 0.6) is 0 Å². The molecule has 0 unspecified atom stereocenters. The van der Waals surface area contributed by atoms with Crippen LogP contribution in [0.1, 0.15) is 5.76 Å². The maximum Gasteiger partial charge on any atom is 0.286 e. The molecule has 0 aliphatic carbocycles. The van der Waals surface area contributed by atoms with E-state index >= 15 is 0 Å². The smallest absolute Gasteiger partial charge is 0.286 e. The Morgan fingerprint density at radius 2 is 2.18 bits per heavy atom. The second kappa shape index (κ2) is 3.78. The number of carbonyl (C=O) groups excluding carboxylic acids is 1. The number of aliphatic imine (C=N–C) groups is 1. The van der Waals surface area contributed by atoms with Gasteiger partial charge in [0.05, 0.1) is 4.91 Å². The molecule has 17 heavy (non-hydrogen) atoms. The molecule has 2 N–H and O–H groups in total. The lowest BCUT2D eigenvalue weighted by Crippen LogP contribution is -2.01. The lowest BCUT2D eigenvalue weighted by atomic mass is 10.2. The van der Waals surface area contributed by atoms with Crippen LogP contribution < -0.4 is 5.73 Å². The minimum Gasteiger partial charge on any atom is -0.457 e. The number of amides is 1. The van der Waals surface area contributed by atoms with Gasteiger partial charge in [0, 0.05) is 11.5 Å². The number of carbonyl (C=O) groups is 1. The SMILES string of the molecule is NC1=NC(=O)/C(=C\c2cc3ccccc3o2)S1. The first-order valence-electron chi connectivity index (χ1n) is 4.99. The number of thioether (sulfide) groups is 1. The zero-order valence-corrected chi connectivity index (χ0v) is 9.53. The van der Waals surface area contributed by atoms with Gasteiger partial charge in [0.1, 0.15) is 11.3 Å². The number of amidine groups is 1. The Hall–Kier alpha value is -2.01. The van der Waals surface area contributed by atoms with Gasteiger partial charge in [-0.1, -0.05) is 18.2 Å². The Labute approximate surface area is 101 Å². The molecule has 0 radical (unpaired) electrons. The first-order valence-corrected chi connectivity index (χ1v) is 5.81. The van der Waals surface area contributed by atoms with Crippen molar-refractivity contribution in [2.24, 2.45) is 10.7 Å². The normalized spacial score (nSPS) is 18.0. The van der Waals surface area contributed by atoms with E-state index in [0.717, 1.165) is 22.7 Å². The summed E-state index contributed by atoms with van der Waals surface area (Å²) in [6, 6.07) is 9.55. The molecule has 1 aromatic carbocycles. The van der Waals surface area contributed by atoms with Crippen molar-refractivity contribution in [3.8, 4) is 0 Å².